The normalized spacial score (nSPS) is 10.1. The fourth-order valence-electron chi connectivity index (χ4n) is 2.33. The molecule has 2 amide bonds. The SMILES string of the molecule is COc1ccc(C)cc1NC(=O)C(=O)Nc1cc(C)cc(C)c1. The highest BCUT2D eigenvalue weighted by Gasteiger charge is 2.16. The van der Waals surface area contributed by atoms with Gasteiger partial charge in [-0.3, -0.25) is 9.59 Å². The molecule has 0 spiro atoms. The van der Waals surface area contributed by atoms with E-state index in [9.17, 15) is 9.59 Å². The molecule has 5 heteroatoms. The summed E-state index contributed by atoms with van der Waals surface area (Å²) in [7, 11) is 1.51. The number of amides is 2. The Morgan fingerprint density at radius 1 is 0.826 bits per heavy atom. The van der Waals surface area contributed by atoms with Gasteiger partial charge in [0.05, 0.1) is 12.8 Å². The summed E-state index contributed by atoms with van der Waals surface area (Å²) in [6.45, 7) is 5.76. The monoisotopic (exact) mass is 312 g/mol. The lowest BCUT2D eigenvalue weighted by Crippen LogP contribution is -2.29. The molecule has 0 aliphatic rings. The van der Waals surface area contributed by atoms with E-state index in [1.807, 2.05) is 45.0 Å². The average molecular weight is 312 g/mol. The molecule has 0 aliphatic heterocycles. The van der Waals surface area contributed by atoms with Gasteiger partial charge in [0.1, 0.15) is 5.75 Å². The highest BCUT2D eigenvalue weighted by Crippen LogP contribution is 2.25. The second-order valence-electron chi connectivity index (χ2n) is 5.49. The second-order valence-corrected chi connectivity index (χ2v) is 5.49. The molecule has 0 saturated carbocycles. The van der Waals surface area contributed by atoms with Gasteiger partial charge < -0.3 is 15.4 Å². The van der Waals surface area contributed by atoms with E-state index >= 15 is 0 Å². The zero-order valence-corrected chi connectivity index (χ0v) is 13.7. The fraction of sp³-hybridized carbons (Fsp3) is 0.222. The number of hydrogen-bond donors (Lipinski definition) is 2. The lowest BCUT2D eigenvalue weighted by Gasteiger charge is -2.11. The van der Waals surface area contributed by atoms with Crippen LogP contribution in [0.1, 0.15) is 16.7 Å². The number of carbonyl (C=O) groups excluding carboxylic acids is 2. The number of rotatable bonds is 3. The molecule has 2 aromatic carbocycles. The van der Waals surface area contributed by atoms with Crippen molar-refractivity contribution in [2.45, 2.75) is 20.8 Å². The van der Waals surface area contributed by atoms with Crippen molar-refractivity contribution in [3.8, 4) is 5.75 Å². The number of carbonyl (C=O) groups is 2. The molecule has 2 aromatic rings. The first-order valence-corrected chi connectivity index (χ1v) is 7.24. The van der Waals surface area contributed by atoms with Gasteiger partial charge in [-0.1, -0.05) is 12.1 Å². The molecule has 2 rings (SSSR count). The quantitative estimate of drug-likeness (QED) is 0.855. The van der Waals surface area contributed by atoms with Crippen molar-refractivity contribution in [2.24, 2.45) is 0 Å². The Kier molecular flexibility index (Phi) is 5.01. The number of nitrogens with one attached hydrogen (secondary N) is 2. The molecule has 23 heavy (non-hydrogen) atoms. The lowest BCUT2D eigenvalue weighted by molar-refractivity contribution is -0.133. The third-order valence-corrected chi connectivity index (χ3v) is 3.29. The van der Waals surface area contributed by atoms with Crippen LogP contribution in [-0.4, -0.2) is 18.9 Å². The van der Waals surface area contributed by atoms with E-state index in [2.05, 4.69) is 10.6 Å². The summed E-state index contributed by atoms with van der Waals surface area (Å²) in [5, 5.41) is 5.18. The first kappa shape index (κ1) is 16.5. The third-order valence-electron chi connectivity index (χ3n) is 3.29. The number of ether oxygens (including phenoxy) is 1. The zero-order valence-electron chi connectivity index (χ0n) is 13.7. The maximum atomic E-state index is 12.1. The van der Waals surface area contributed by atoms with Gasteiger partial charge in [-0.15, -0.1) is 0 Å². The largest absolute Gasteiger partial charge is 0.495 e. The Bertz CT molecular complexity index is 734. The fourth-order valence-corrected chi connectivity index (χ4v) is 2.33. The van der Waals surface area contributed by atoms with Crippen LogP contribution >= 0.6 is 0 Å². The van der Waals surface area contributed by atoms with Gasteiger partial charge in [-0.05, 0) is 61.7 Å². The smallest absolute Gasteiger partial charge is 0.314 e. The summed E-state index contributed by atoms with van der Waals surface area (Å²) in [6, 6.07) is 11.0. The molecule has 0 radical (unpaired) electrons. The van der Waals surface area contributed by atoms with E-state index in [0.717, 1.165) is 16.7 Å². The molecular weight excluding hydrogens is 292 g/mol. The number of aryl methyl sites for hydroxylation is 3. The minimum absolute atomic E-state index is 0.466. The van der Waals surface area contributed by atoms with Gasteiger partial charge in [0.25, 0.3) is 0 Å². The molecule has 0 atom stereocenters. The van der Waals surface area contributed by atoms with Crippen molar-refractivity contribution >= 4 is 23.2 Å². The average Bonchev–Trinajstić information content (AvgIpc) is 2.46. The molecule has 0 saturated heterocycles. The van der Waals surface area contributed by atoms with Gasteiger partial charge in [0.15, 0.2) is 0 Å². The molecule has 120 valence electrons. The molecule has 2 N–H and O–H groups in total. The van der Waals surface area contributed by atoms with E-state index in [1.165, 1.54) is 7.11 Å². The number of hydrogen-bond acceptors (Lipinski definition) is 3. The van der Waals surface area contributed by atoms with Crippen LogP contribution in [0, 0.1) is 20.8 Å². The van der Waals surface area contributed by atoms with Crippen LogP contribution in [0.4, 0.5) is 11.4 Å². The topological polar surface area (TPSA) is 67.4 Å². The molecule has 0 aliphatic carbocycles. The first-order chi connectivity index (χ1) is 10.9. The number of benzene rings is 2. The van der Waals surface area contributed by atoms with E-state index < -0.39 is 11.8 Å². The Labute approximate surface area is 135 Å². The van der Waals surface area contributed by atoms with Gasteiger partial charge >= 0.3 is 11.8 Å². The van der Waals surface area contributed by atoms with E-state index in [4.69, 9.17) is 4.74 Å². The van der Waals surface area contributed by atoms with E-state index in [1.54, 1.807) is 12.1 Å². The van der Waals surface area contributed by atoms with Gasteiger partial charge in [-0.25, -0.2) is 0 Å². The summed E-state index contributed by atoms with van der Waals surface area (Å²) in [6.07, 6.45) is 0. The molecule has 0 aromatic heterocycles. The predicted molar refractivity (Wildman–Crippen MR) is 90.9 cm³/mol. The Morgan fingerprint density at radius 2 is 1.43 bits per heavy atom. The van der Waals surface area contributed by atoms with Crippen LogP contribution in [0.25, 0.3) is 0 Å². The van der Waals surface area contributed by atoms with Crippen LogP contribution in [-0.2, 0) is 9.59 Å². The zero-order chi connectivity index (χ0) is 17.0. The molecule has 0 fully saturated rings. The summed E-state index contributed by atoms with van der Waals surface area (Å²) in [4.78, 5) is 24.1. The first-order valence-electron chi connectivity index (χ1n) is 7.24. The van der Waals surface area contributed by atoms with Crippen LogP contribution in [0.15, 0.2) is 36.4 Å². The van der Waals surface area contributed by atoms with Crippen LogP contribution in [0.2, 0.25) is 0 Å². The van der Waals surface area contributed by atoms with Gasteiger partial charge in [-0.2, -0.15) is 0 Å². The highest BCUT2D eigenvalue weighted by atomic mass is 16.5. The Morgan fingerprint density at radius 3 is 2.04 bits per heavy atom. The standard InChI is InChI=1S/C18H20N2O3/c1-11-5-6-16(23-4)15(10-11)20-18(22)17(21)19-14-8-12(2)7-13(3)9-14/h5-10H,1-4H3,(H,19,21)(H,20,22). The van der Waals surface area contributed by atoms with Crippen molar-refractivity contribution < 1.29 is 14.3 Å². The number of anilines is 2. The maximum absolute atomic E-state index is 12.1. The molecule has 5 nitrogen and oxygen atoms in total. The summed E-state index contributed by atoms with van der Waals surface area (Å²) >= 11 is 0. The van der Waals surface area contributed by atoms with E-state index in [0.29, 0.717) is 17.1 Å². The third kappa shape index (κ3) is 4.32. The van der Waals surface area contributed by atoms with Crippen molar-refractivity contribution in [3.05, 3.63) is 53.1 Å². The molecular formula is C18H20N2O3. The van der Waals surface area contributed by atoms with Gasteiger partial charge in [0.2, 0.25) is 0 Å². The van der Waals surface area contributed by atoms with Crippen LogP contribution in [0.5, 0.6) is 5.75 Å². The summed E-state index contributed by atoms with van der Waals surface area (Å²) in [5.74, 6) is -0.963. The van der Waals surface area contributed by atoms with Crippen molar-refractivity contribution in [1.82, 2.24) is 0 Å². The van der Waals surface area contributed by atoms with Crippen LogP contribution < -0.4 is 15.4 Å². The maximum Gasteiger partial charge on any atom is 0.314 e. The minimum Gasteiger partial charge on any atom is -0.495 e. The summed E-state index contributed by atoms with van der Waals surface area (Å²) in [5.41, 5.74) is 4.05. The van der Waals surface area contributed by atoms with Crippen molar-refractivity contribution in [3.63, 3.8) is 0 Å². The molecule has 0 unspecified atom stereocenters. The van der Waals surface area contributed by atoms with Crippen molar-refractivity contribution in [2.75, 3.05) is 17.7 Å². The van der Waals surface area contributed by atoms with Crippen molar-refractivity contribution in [1.29, 1.82) is 0 Å². The van der Waals surface area contributed by atoms with Gasteiger partial charge in [0, 0.05) is 5.69 Å². The van der Waals surface area contributed by atoms with E-state index in [-0.39, 0.29) is 0 Å². The van der Waals surface area contributed by atoms with Crippen LogP contribution in [0.3, 0.4) is 0 Å². The predicted octanol–water partition coefficient (Wildman–Crippen LogP) is 3.20. The minimum atomic E-state index is -0.743. The molecule has 0 heterocycles. The molecule has 0 bridgehead atoms. The Balaban J connectivity index is 2.11. The number of methoxy groups -OCH3 is 1. The summed E-state index contributed by atoms with van der Waals surface area (Å²) < 4.78 is 5.18. The lowest BCUT2D eigenvalue weighted by atomic mass is 10.1. The second kappa shape index (κ2) is 6.96. The highest BCUT2D eigenvalue weighted by molar-refractivity contribution is 6.43. The Hall–Kier alpha value is -2.82.